The first kappa shape index (κ1) is 19.4. The Hall–Kier alpha value is -3.94. The Balaban J connectivity index is 1.43. The van der Waals surface area contributed by atoms with Gasteiger partial charge in [0.25, 0.3) is 5.91 Å². The summed E-state index contributed by atoms with van der Waals surface area (Å²) in [5.74, 6) is 0.460. The van der Waals surface area contributed by atoms with Crippen LogP contribution in [0.15, 0.2) is 67.4 Å². The van der Waals surface area contributed by atoms with Crippen molar-refractivity contribution in [3.63, 3.8) is 0 Å². The van der Waals surface area contributed by atoms with Gasteiger partial charge in [0.2, 0.25) is 0 Å². The third-order valence-corrected chi connectivity index (χ3v) is 4.66. The number of hydrogen-bond acceptors (Lipinski definition) is 5. The van der Waals surface area contributed by atoms with E-state index in [0.717, 1.165) is 22.4 Å². The van der Waals surface area contributed by atoms with E-state index in [1.165, 1.54) is 6.33 Å². The smallest absolute Gasteiger partial charge is 0.272 e. The normalized spacial score (nSPS) is 10.7. The molecule has 0 aliphatic carbocycles. The first-order valence-electron chi connectivity index (χ1n) is 9.51. The fourth-order valence-corrected chi connectivity index (χ4v) is 3.17. The van der Waals surface area contributed by atoms with Crippen molar-refractivity contribution in [2.45, 2.75) is 20.0 Å². The molecule has 4 rings (SSSR count). The Bertz CT molecular complexity index is 1150. The second-order valence-electron chi connectivity index (χ2n) is 6.92. The number of hydrogen-bond donors (Lipinski definition) is 1. The van der Waals surface area contributed by atoms with Gasteiger partial charge in [-0.2, -0.15) is 10.2 Å². The van der Waals surface area contributed by atoms with Gasteiger partial charge in [-0.25, -0.2) is 14.3 Å². The number of aromatic nitrogens is 5. The number of benzene rings is 2. The standard InChI is InChI=1S/C22H22N6O2/c1-16-6-7-21(30-2)20(10-16)28-9-8-19(26-28)22(29)24-12-17-4-3-5-18(11-17)13-27-15-23-14-25-27/h3-11,14-15H,12-13H2,1-2H3,(H,24,29). The number of ether oxygens (including phenoxy) is 1. The molecule has 2 aromatic carbocycles. The maximum Gasteiger partial charge on any atom is 0.272 e. The van der Waals surface area contributed by atoms with Crippen molar-refractivity contribution < 1.29 is 9.53 Å². The zero-order valence-corrected chi connectivity index (χ0v) is 16.8. The van der Waals surface area contributed by atoms with E-state index in [1.54, 1.807) is 35.1 Å². The number of methoxy groups -OCH3 is 1. The summed E-state index contributed by atoms with van der Waals surface area (Å²) in [5, 5.41) is 11.5. The topological polar surface area (TPSA) is 86.9 Å². The van der Waals surface area contributed by atoms with E-state index in [1.807, 2.05) is 49.4 Å². The van der Waals surface area contributed by atoms with Gasteiger partial charge in [0.15, 0.2) is 5.69 Å². The SMILES string of the molecule is COc1ccc(C)cc1-n1ccc(C(=O)NCc2cccc(Cn3cncn3)c2)n1. The monoisotopic (exact) mass is 402 g/mol. The summed E-state index contributed by atoms with van der Waals surface area (Å²) in [6.45, 7) is 3.03. The molecular weight excluding hydrogens is 380 g/mol. The minimum atomic E-state index is -0.234. The molecule has 8 nitrogen and oxygen atoms in total. The highest BCUT2D eigenvalue weighted by molar-refractivity contribution is 5.92. The molecule has 0 bridgehead atoms. The van der Waals surface area contributed by atoms with E-state index < -0.39 is 0 Å². The molecule has 0 unspecified atom stereocenters. The molecule has 1 N–H and O–H groups in total. The Labute approximate surface area is 174 Å². The van der Waals surface area contributed by atoms with E-state index >= 15 is 0 Å². The van der Waals surface area contributed by atoms with Gasteiger partial charge >= 0.3 is 0 Å². The molecule has 30 heavy (non-hydrogen) atoms. The average Bonchev–Trinajstić information content (AvgIpc) is 3.44. The zero-order chi connectivity index (χ0) is 20.9. The Morgan fingerprint density at radius 1 is 1.13 bits per heavy atom. The highest BCUT2D eigenvalue weighted by atomic mass is 16.5. The summed E-state index contributed by atoms with van der Waals surface area (Å²) < 4.78 is 8.81. The van der Waals surface area contributed by atoms with Crippen molar-refractivity contribution in [3.05, 3.63) is 89.8 Å². The van der Waals surface area contributed by atoms with Crippen LogP contribution in [0.5, 0.6) is 5.75 Å². The predicted octanol–water partition coefficient (Wildman–Crippen LogP) is 2.76. The maximum absolute atomic E-state index is 12.6. The van der Waals surface area contributed by atoms with Gasteiger partial charge in [-0.1, -0.05) is 30.3 Å². The van der Waals surface area contributed by atoms with Crippen LogP contribution in [0, 0.1) is 6.92 Å². The fourth-order valence-electron chi connectivity index (χ4n) is 3.17. The molecule has 152 valence electrons. The van der Waals surface area contributed by atoms with Crippen LogP contribution in [0.25, 0.3) is 5.69 Å². The molecule has 4 aromatic rings. The highest BCUT2D eigenvalue weighted by Crippen LogP contribution is 2.23. The number of nitrogens with one attached hydrogen (secondary N) is 1. The van der Waals surface area contributed by atoms with Crippen LogP contribution in [0.3, 0.4) is 0 Å². The molecule has 0 aliphatic heterocycles. The molecule has 0 atom stereocenters. The molecule has 0 radical (unpaired) electrons. The van der Waals surface area contributed by atoms with Crippen molar-refractivity contribution in [3.8, 4) is 11.4 Å². The second kappa shape index (κ2) is 8.60. The van der Waals surface area contributed by atoms with Crippen LogP contribution in [-0.2, 0) is 13.1 Å². The number of carbonyl (C=O) groups excluding carboxylic acids is 1. The summed E-state index contributed by atoms with van der Waals surface area (Å²) in [4.78, 5) is 16.5. The van der Waals surface area contributed by atoms with E-state index in [2.05, 4.69) is 20.5 Å². The largest absolute Gasteiger partial charge is 0.494 e. The van der Waals surface area contributed by atoms with Crippen LogP contribution in [-0.4, -0.2) is 37.6 Å². The Kier molecular flexibility index (Phi) is 5.56. The van der Waals surface area contributed by atoms with Crippen molar-refractivity contribution in [1.29, 1.82) is 0 Å². The molecule has 8 heteroatoms. The summed E-state index contributed by atoms with van der Waals surface area (Å²) in [7, 11) is 1.61. The Morgan fingerprint density at radius 2 is 2.00 bits per heavy atom. The lowest BCUT2D eigenvalue weighted by Gasteiger charge is -2.09. The van der Waals surface area contributed by atoms with E-state index in [0.29, 0.717) is 24.5 Å². The number of amides is 1. The zero-order valence-electron chi connectivity index (χ0n) is 16.8. The summed E-state index contributed by atoms with van der Waals surface area (Å²) >= 11 is 0. The number of rotatable bonds is 7. The van der Waals surface area contributed by atoms with Crippen LogP contribution in [0.1, 0.15) is 27.2 Å². The molecule has 0 spiro atoms. The molecule has 2 heterocycles. The molecule has 1 amide bonds. The van der Waals surface area contributed by atoms with Crippen LogP contribution >= 0.6 is 0 Å². The lowest BCUT2D eigenvalue weighted by atomic mass is 10.1. The van der Waals surface area contributed by atoms with Crippen LogP contribution in [0.4, 0.5) is 0 Å². The molecule has 0 fully saturated rings. The first-order valence-corrected chi connectivity index (χ1v) is 9.51. The average molecular weight is 402 g/mol. The fraction of sp³-hybridized carbons (Fsp3) is 0.182. The van der Waals surface area contributed by atoms with Gasteiger partial charge in [0, 0.05) is 12.7 Å². The number of carbonyl (C=O) groups is 1. The van der Waals surface area contributed by atoms with Gasteiger partial charge in [0.05, 0.1) is 13.7 Å². The second-order valence-corrected chi connectivity index (χ2v) is 6.92. The number of nitrogens with zero attached hydrogens (tertiary/aromatic N) is 5. The molecule has 0 aliphatic rings. The summed E-state index contributed by atoms with van der Waals surface area (Å²) in [6, 6.07) is 15.5. The van der Waals surface area contributed by atoms with E-state index in [4.69, 9.17) is 4.74 Å². The molecular formula is C22H22N6O2. The minimum Gasteiger partial charge on any atom is -0.494 e. The molecule has 0 saturated heterocycles. The van der Waals surface area contributed by atoms with Gasteiger partial charge in [-0.3, -0.25) is 4.79 Å². The first-order chi connectivity index (χ1) is 14.6. The summed E-state index contributed by atoms with van der Waals surface area (Å²) in [5.41, 5.74) is 4.30. The minimum absolute atomic E-state index is 0.234. The van der Waals surface area contributed by atoms with Crippen LogP contribution < -0.4 is 10.1 Å². The highest BCUT2D eigenvalue weighted by Gasteiger charge is 2.12. The maximum atomic E-state index is 12.6. The third kappa shape index (κ3) is 4.38. The van der Waals surface area contributed by atoms with Crippen LogP contribution in [0.2, 0.25) is 0 Å². The van der Waals surface area contributed by atoms with Gasteiger partial charge in [-0.15, -0.1) is 0 Å². The van der Waals surface area contributed by atoms with Crippen molar-refractivity contribution in [2.75, 3.05) is 7.11 Å². The summed E-state index contributed by atoms with van der Waals surface area (Å²) in [6.07, 6.45) is 4.94. The van der Waals surface area contributed by atoms with E-state index in [-0.39, 0.29) is 5.91 Å². The van der Waals surface area contributed by atoms with Gasteiger partial charge in [0.1, 0.15) is 24.1 Å². The predicted molar refractivity (Wildman–Crippen MR) is 112 cm³/mol. The van der Waals surface area contributed by atoms with Crippen molar-refractivity contribution in [2.24, 2.45) is 0 Å². The Morgan fingerprint density at radius 3 is 2.80 bits per heavy atom. The lowest BCUT2D eigenvalue weighted by molar-refractivity contribution is 0.0945. The van der Waals surface area contributed by atoms with E-state index in [9.17, 15) is 4.79 Å². The number of aryl methyl sites for hydroxylation is 1. The van der Waals surface area contributed by atoms with Crippen molar-refractivity contribution in [1.82, 2.24) is 29.9 Å². The quantitative estimate of drug-likeness (QED) is 0.514. The molecule has 2 aromatic heterocycles. The van der Waals surface area contributed by atoms with Gasteiger partial charge in [-0.05, 0) is 41.8 Å². The third-order valence-electron chi connectivity index (χ3n) is 4.66. The van der Waals surface area contributed by atoms with Crippen molar-refractivity contribution >= 4 is 5.91 Å². The lowest BCUT2D eigenvalue weighted by Crippen LogP contribution is -2.23. The van der Waals surface area contributed by atoms with Gasteiger partial charge < -0.3 is 10.1 Å². The molecule has 0 saturated carbocycles.